The van der Waals surface area contributed by atoms with Crippen molar-refractivity contribution in [3.63, 3.8) is 0 Å². The van der Waals surface area contributed by atoms with Gasteiger partial charge in [-0.25, -0.2) is 0 Å². The summed E-state index contributed by atoms with van der Waals surface area (Å²) in [6.45, 7) is 2.14. The number of carbonyl (C=O) groups excluding carboxylic acids is 1. The summed E-state index contributed by atoms with van der Waals surface area (Å²) < 4.78 is 6.48. The van der Waals surface area contributed by atoms with Gasteiger partial charge in [0.05, 0.1) is 18.1 Å². The summed E-state index contributed by atoms with van der Waals surface area (Å²) in [5, 5.41) is 18.5. The first-order valence-electron chi connectivity index (χ1n) is 9.08. The highest BCUT2D eigenvalue weighted by Crippen LogP contribution is 2.50. The summed E-state index contributed by atoms with van der Waals surface area (Å²) in [5.41, 5.74) is -0.0334. The van der Waals surface area contributed by atoms with Gasteiger partial charge in [-0.3, -0.25) is 4.79 Å². The number of fused-ring (bicyclic) bond motifs is 4. The molecule has 3 aliphatic carbocycles. The van der Waals surface area contributed by atoms with Gasteiger partial charge in [0.15, 0.2) is 11.3 Å². The lowest BCUT2D eigenvalue weighted by molar-refractivity contribution is -0.390. The summed E-state index contributed by atoms with van der Waals surface area (Å²) in [6, 6.07) is 2.95. The van der Waals surface area contributed by atoms with Gasteiger partial charge in [-0.1, -0.05) is 4.52 Å². The smallest absolute Gasteiger partial charge is 0.348 e. The van der Waals surface area contributed by atoms with E-state index in [1.807, 2.05) is 0 Å². The van der Waals surface area contributed by atoms with Crippen molar-refractivity contribution < 1.29 is 14.5 Å². The van der Waals surface area contributed by atoms with E-state index in [2.05, 4.69) is 15.4 Å². The van der Waals surface area contributed by atoms with Crippen LogP contribution in [0.15, 0.2) is 12.1 Å². The fourth-order valence-corrected chi connectivity index (χ4v) is 4.70. The van der Waals surface area contributed by atoms with Crippen LogP contribution in [-0.2, 0) is 9.53 Å². The molecular formula is C17H20ClN5O4. The Morgan fingerprint density at radius 3 is 2.89 bits per heavy atom. The van der Waals surface area contributed by atoms with Crippen molar-refractivity contribution >= 4 is 34.7 Å². The lowest BCUT2D eigenvalue weighted by Crippen LogP contribution is -2.56. The number of esters is 1. The largest absolute Gasteiger partial charge is 0.466 e. The number of hydrogen-bond donors (Lipinski definition) is 1. The Bertz CT molecular complexity index is 906. The Morgan fingerprint density at radius 1 is 1.48 bits per heavy atom. The number of nitro groups is 1. The van der Waals surface area contributed by atoms with Crippen molar-refractivity contribution in [2.24, 2.45) is 11.8 Å². The SMILES string of the molecule is CCOC(=O)C1CC2CCC1(Nc1nc(Cl)nn3c([N+](=O)[O-])ccc13)CC2. The summed E-state index contributed by atoms with van der Waals surface area (Å²) in [7, 11) is 0. The van der Waals surface area contributed by atoms with Crippen molar-refractivity contribution in [3.8, 4) is 0 Å². The third-order valence-corrected chi connectivity index (χ3v) is 5.98. The zero-order valence-corrected chi connectivity index (χ0v) is 15.6. The maximum atomic E-state index is 12.6. The highest BCUT2D eigenvalue weighted by Gasteiger charge is 2.52. The van der Waals surface area contributed by atoms with Crippen LogP contribution in [0.5, 0.6) is 0 Å². The number of anilines is 1. The average Bonchev–Trinajstić information content (AvgIpc) is 3.06. The Hall–Kier alpha value is -2.42. The molecule has 2 heterocycles. The molecule has 1 atom stereocenters. The molecule has 5 rings (SSSR count). The molecule has 0 radical (unpaired) electrons. The normalized spacial score (nSPS) is 26.9. The lowest BCUT2D eigenvalue weighted by Gasteiger charge is -2.51. The Labute approximate surface area is 160 Å². The van der Waals surface area contributed by atoms with E-state index in [4.69, 9.17) is 16.3 Å². The number of hydrogen-bond acceptors (Lipinski definition) is 7. The van der Waals surface area contributed by atoms with Gasteiger partial charge in [-0.2, -0.15) is 4.98 Å². The molecule has 1 N–H and O–H groups in total. The number of aromatic nitrogens is 3. The highest BCUT2D eigenvalue weighted by molar-refractivity contribution is 6.28. The van der Waals surface area contributed by atoms with E-state index < -0.39 is 10.5 Å². The zero-order valence-electron chi connectivity index (χ0n) is 14.9. The molecule has 10 heteroatoms. The zero-order chi connectivity index (χ0) is 19.2. The van der Waals surface area contributed by atoms with Crippen molar-refractivity contribution in [3.05, 3.63) is 27.5 Å². The summed E-state index contributed by atoms with van der Waals surface area (Å²) >= 11 is 6.02. The fourth-order valence-electron chi connectivity index (χ4n) is 4.54. The molecule has 0 amide bonds. The third-order valence-electron chi connectivity index (χ3n) is 5.82. The van der Waals surface area contributed by atoms with E-state index in [0.717, 1.165) is 32.1 Å². The number of halogens is 1. The Kier molecular flexibility index (Phi) is 4.41. The van der Waals surface area contributed by atoms with Crippen LogP contribution >= 0.6 is 11.6 Å². The molecule has 3 saturated carbocycles. The van der Waals surface area contributed by atoms with E-state index >= 15 is 0 Å². The molecule has 3 fully saturated rings. The lowest BCUT2D eigenvalue weighted by atomic mass is 9.59. The molecule has 0 aromatic carbocycles. The average molecular weight is 394 g/mol. The van der Waals surface area contributed by atoms with Crippen molar-refractivity contribution in [1.82, 2.24) is 14.6 Å². The molecule has 0 aliphatic heterocycles. The molecule has 27 heavy (non-hydrogen) atoms. The fraction of sp³-hybridized carbons (Fsp3) is 0.588. The van der Waals surface area contributed by atoms with Crippen LogP contribution in [0.25, 0.3) is 5.52 Å². The second-order valence-corrected chi connectivity index (χ2v) is 7.58. The van der Waals surface area contributed by atoms with Crippen molar-refractivity contribution in [1.29, 1.82) is 0 Å². The van der Waals surface area contributed by atoms with Gasteiger partial charge in [0.1, 0.15) is 0 Å². The number of rotatable bonds is 5. The molecule has 144 valence electrons. The first-order valence-corrected chi connectivity index (χ1v) is 9.46. The van der Waals surface area contributed by atoms with Crippen molar-refractivity contribution in [2.75, 3.05) is 11.9 Å². The Morgan fingerprint density at radius 2 is 2.22 bits per heavy atom. The monoisotopic (exact) mass is 393 g/mol. The van der Waals surface area contributed by atoms with Gasteiger partial charge in [0, 0.05) is 6.07 Å². The van der Waals surface area contributed by atoms with Gasteiger partial charge in [0.2, 0.25) is 0 Å². The van der Waals surface area contributed by atoms with Gasteiger partial charge in [0.25, 0.3) is 5.28 Å². The van der Waals surface area contributed by atoms with Crippen LogP contribution in [0.3, 0.4) is 0 Å². The van der Waals surface area contributed by atoms with Crippen LogP contribution in [0.2, 0.25) is 5.28 Å². The number of nitrogens with one attached hydrogen (secondary N) is 1. The van der Waals surface area contributed by atoms with Crippen molar-refractivity contribution in [2.45, 2.75) is 44.6 Å². The maximum Gasteiger partial charge on any atom is 0.348 e. The maximum absolute atomic E-state index is 12.6. The predicted molar refractivity (Wildman–Crippen MR) is 97.7 cm³/mol. The van der Waals surface area contributed by atoms with Gasteiger partial charge in [-0.05, 0) is 72.6 Å². The van der Waals surface area contributed by atoms with Crippen LogP contribution in [0.4, 0.5) is 11.6 Å². The third kappa shape index (κ3) is 2.99. The van der Waals surface area contributed by atoms with E-state index in [-0.39, 0.29) is 23.0 Å². The number of nitrogens with zero attached hydrogens (tertiary/aromatic N) is 4. The standard InChI is InChI=1S/C17H20ClN5O4/c1-2-27-15(24)11-9-10-5-7-17(11,8-6-10)20-14-12-3-4-13(23(25)26)22(12)21-16(18)19-14/h3-4,10-11H,2,5-9H2,1H3,(H,19,20,21). The van der Waals surface area contributed by atoms with E-state index in [1.54, 1.807) is 13.0 Å². The van der Waals surface area contributed by atoms with Crippen LogP contribution in [0, 0.1) is 22.0 Å². The van der Waals surface area contributed by atoms with Gasteiger partial charge in [-0.15, -0.1) is 0 Å². The quantitative estimate of drug-likeness (QED) is 0.471. The second kappa shape index (κ2) is 6.63. The molecule has 9 nitrogen and oxygen atoms in total. The molecule has 2 bridgehead atoms. The molecule has 2 aromatic rings. The van der Waals surface area contributed by atoms with Crippen LogP contribution in [-0.4, -0.2) is 37.6 Å². The molecule has 0 saturated heterocycles. The minimum absolute atomic E-state index is 0.0992. The first kappa shape index (κ1) is 18.0. The molecular weight excluding hydrogens is 374 g/mol. The van der Waals surface area contributed by atoms with Gasteiger partial charge < -0.3 is 20.2 Å². The molecule has 3 aliphatic rings. The number of carbonyl (C=O) groups is 1. The van der Waals surface area contributed by atoms with E-state index in [1.165, 1.54) is 10.6 Å². The Balaban J connectivity index is 1.75. The predicted octanol–water partition coefficient (Wildman–Crippen LogP) is 3.21. The highest BCUT2D eigenvalue weighted by atomic mass is 35.5. The molecule has 1 unspecified atom stereocenters. The van der Waals surface area contributed by atoms with Crippen LogP contribution in [0.1, 0.15) is 39.0 Å². The summed E-state index contributed by atoms with van der Waals surface area (Å²) in [6.07, 6.45) is 4.47. The van der Waals surface area contributed by atoms with Gasteiger partial charge >= 0.3 is 11.8 Å². The van der Waals surface area contributed by atoms with E-state index in [0.29, 0.717) is 23.9 Å². The van der Waals surface area contributed by atoms with E-state index in [9.17, 15) is 14.9 Å². The first-order chi connectivity index (χ1) is 12.9. The second-order valence-electron chi connectivity index (χ2n) is 7.24. The van der Waals surface area contributed by atoms with Crippen LogP contribution < -0.4 is 5.32 Å². The molecule has 0 spiro atoms. The summed E-state index contributed by atoms with van der Waals surface area (Å²) in [4.78, 5) is 27.6. The topological polar surface area (TPSA) is 112 Å². The number of ether oxygens (including phenoxy) is 1. The minimum atomic E-state index is -0.522. The minimum Gasteiger partial charge on any atom is -0.466 e. The molecule has 2 aromatic heterocycles. The summed E-state index contributed by atoms with van der Waals surface area (Å²) in [5.74, 6) is 0.268.